The van der Waals surface area contributed by atoms with E-state index in [0.29, 0.717) is 20.7 Å². The highest BCUT2D eigenvalue weighted by molar-refractivity contribution is 8.01. The van der Waals surface area contributed by atoms with Gasteiger partial charge in [-0.3, -0.25) is 9.59 Å². The SMILES string of the molecule is Cc1cccc(Nc2nnc(SCC(=O)Nc3ccc(C(N)=O)cc3)s2)c1. The number of amides is 2. The van der Waals surface area contributed by atoms with Crippen molar-refractivity contribution in [1.82, 2.24) is 10.2 Å². The van der Waals surface area contributed by atoms with Crippen LogP contribution in [0.5, 0.6) is 0 Å². The molecule has 0 saturated carbocycles. The fourth-order valence-electron chi connectivity index (χ4n) is 2.21. The molecule has 0 aliphatic carbocycles. The molecule has 3 aromatic rings. The van der Waals surface area contributed by atoms with Gasteiger partial charge in [-0.15, -0.1) is 10.2 Å². The highest BCUT2D eigenvalue weighted by Gasteiger charge is 2.09. The summed E-state index contributed by atoms with van der Waals surface area (Å²) in [6.45, 7) is 2.02. The quantitative estimate of drug-likeness (QED) is 0.525. The van der Waals surface area contributed by atoms with E-state index in [1.165, 1.54) is 23.1 Å². The Morgan fingerprint density at radius 2 is 1.89 bits per heavy atom. The van der Waals surface area contributed by atoms with Crippen molar-refractivity contribution in [2.75, 3.05) is 16.4 Å². The van der Waals surface area contributed by atoms with Crippen molar-refractivity contribution in [3.05, 3.63) is 59.7 Å². The largest absolute Gasteiger partial charge is 0.366 e. The maximum absolute atomic E-state index is 12.1. The smallest absolute Gasteiger partial charge is 0.248 e. The van der Waals surface area contributed by atoms with Crippen molar-refractivity contribution < 1.29 is 9.59 Å². The summed E-state index contributed by atoms with van der Waals surface area (Å²) in [5.74, 6) is -0.471. The normalized spacial score (nSPS) is 10.4. The third kappa shape index (κ3) is 5.53. The molecule has 0 fully saturated rings. The van der Waals surface area contributed by atoms with Crippen LogP contribution in [-0.2, 0) is 4.79 Å². The third-order valence-corrected chi connectivity index (χ3v) is 5.43. The molecule has 7 nitrogen and oxygen atoms in total. The standard InChI is InChI=1S/C18H17N5O2S2/c1-11-3-2-4-14(9-11)21-17-22-23-18(27-17)26-10-15(24)20-13-7-5-12(6-8-13)16(19)25/h2-9H,10H2,1H3,(H2,19,25)(H,20,24)(H,21,22). The number of nitrogens with zero attached hydrogens (tertiary/aromatic N) is 2. The van der Waals surface area contributed by atoms with Crippen molar-refractivity contribution in [1.29, 1.82) is 0 Å². The summed E-state index contributed by atoms with van der Waals surface area (Å²) in [4.78, 5) is 23.1. The second-order valence-corrected chi connectivity index (χ2v) is 7.85. The molecule has 0 bridgehead atoms. The molecule has 0 spiro atoms. The van der Waals surface area contributed by atoms with Gasteiger partial charge in [0.05, 0.1) is 5.75 Å². The Bertz CT molecular complexity index is 956. The Morgan fingerprint density at radius 3 is 2.59 bits per heavy atom. The number of nitrogens with two attached hydrogens (primary N) is 1. The molecular weight excluding hydrogens is 382 g/mol. The van der Waals surface area contributed by atoms with Crippen LogP contribution in [0.1, 0.15) is 15.9 Å². The molecule has 2 amide bonds. The number of hydrogen-bond acceptors (Lipinski definition) is 7. The van der Waals surface area contributed by atoms with Gasteiger partial charge in [-0.05, 0) is 48.9 Å². The maximum Gasteiger partial charge on any atom is 0.248 e. The molecule has 0 aliphatic rings. The van der Waals surface area contributed by atoms with Crippen LogP contribution >= 0.6 is 23.1 Å². The number of carbonyl (C=O) groups is 2. The first-order chi connectivity index (χ1) is 13.0. The molecule has 1 heterocycles. The third-order valence-electron chi connectivity index (χ3n) is 3.46. The summed E-state index contributed by atoms with van der Waals surface area (Å²) in [5, 5.41) is 14.8. The average Bonchev–Trinajstić information content (AvgIpc) is 3.08. The minimum absolute atomic E-state index is 0.171. The summed E-state index contributed by atoms with van der Waals surface area (Å²) in [7, 11) is 0. The molecule has 3 rings (SSSR count). The van der Waals surface area contributed by atoms with Gasteiger partial charge in [-0.25, -0.2) is 0 Å². The lowest BCUT2D eigenvalue weighted by molar-refractivity contribution is -0.113. The van der Waals surface area contributed by atoms with Crippen LogP contribution in [0, 0.1) is 6.92 Å². The van der Waals surface area contributed by atoms with Crippen LogP contribution in [0.4, 0.5) is 16.5 Å². The number of rotatable bonds is 7. The maximum atomic E-state index is 12.1. The number of primary amides is 1. The van der Waals surface area contributed by atoms with Gasteiger partial charge in [0, 0.05) is 16.9 Å². The number of carbonyl (C=O) groups excluding carboxylic acids is 2. The number of anilines is 3. The average molecular weight is 400 g/mol. The lowest BCUT2D eigenvalue weighted by Crippen LogP contribution is -2.14. The van der Waals surface area contributed by atoms with E-state index >= 15 is 0 Å². The van der Waals surface area contributed by atoms with Gasteiger partial charge in [0.2, 0.25) is 16.9 Å². The zero-order valence-electron chi connectivity index (χ0n) is 14.4. The van der Waals surface area contributed by atoms with Crippen LogP contribution < -0.4 is 16.4 Å². The number of aromatic nitrogens is 2. The summed E-state index contributed by atoms with van der Waals surface area (Å²) < 4.78 is 0.698. The van der Waals surface area contributed by atoms with Gasteiger partial charge >= 0.3 is 0 Å². The van der Waals surface area contributed by atoms with E-state index in [-0.39, 0.29) is 11.7 Å². The fraction of sp³-hybridized carbons (Fsp3) is 0.111. The first kappa shape index (κ1) is 18.9. The minimum atomic E-state index is -0.505. The van der Waals surface area contributed by atoms with E-state index in [1.54, 1.807) is 24.3 Å². The predicted octanol–water partition coefficient (Wildman–Crippen LogP) is 3.42. The number of thioether (sulfide) groups is 1. The summed E-state index contributed by atoms with van der Waals surface area (Å²) >= 11 is 2.69. The predicted molar refractivity (Wildman–Crippen MR) is 109 cm³/mol. The van der Waals surface area contributed by atoms with Gasteiger partial charge in [0.25, 0.3) is 0 Å². The molecule has 4 N–H and O–H groups in total. The van der Waals surface area contributed by atoms with E-state index in [4.69, 9.17) is 5.73 Å². The van der Waals surface area contributed by atoms with Gasteiger partial charge in [0.15, 0.2) is 4.34 Å². The molecule has 2 aromatic carbocycles. The molecule has 27 heavy (non-hydrogen) atoms. The number of benzene rings is 2. The molecule has 9 heteroatoms. The molecule has 0 radical (unpaired) electrons. The Labute approximate surface area is 164 Å². The van der Waals surface area contributed by atoms with E-state index in [9.17, 15) is 9.59 Å². The second kappa shape index (κ2) is 8.65. The topological polar surface area (TPSA) is 110 Å². The number of nitrogens with one attached hydrogen (secondary N) is 2. The van der Waals surface area contributed by atoms with Gasteiger partial charge in [-0.2, -0.15) is 0 Å². The highest BCUT2D eigenvalue weighted by atomic mass is 32.2. The van der Waals surface area contributed by atoms with Crippen LogP contribution in [0.25, 0.3) is 0 Å². The fourth-order valence-corrected chi connectivity index (χ4v) is 3.78. The number of hydrogen-bond donors (Lipinski definition) is 3. The second-order valence-electron chi connectivity index (χ2n) is 5.65. The van der Waals surface area contributed by atoms with Crippen LogP contribution in [0.3, 0.4) is 0 Å². The molecule has 0 atom stereocenters. The number of aryl methyl sites for hydroxylation is 1. The van der Waals surface area contributed by atoms with Crippen molar-refractivity contribution in [3.8, 4) is 0 Å². The first-order valence-electron chi connectivity index (χ1n) is 7.99. The van der Waals surface area contributed by atoms with Crippen molar-refractivity contribution in [2.24, 2.45) is 5.73 Å². The van der Waals surface area contributed by atoms with Crippen LogP contribution in [-0.4, -0.2) is 27.8 Å². The summed E-state index contributed by atoms with van der Waals surface area (Å²) in [6, 6.07) is 14.4. The van der Waals surface area contributed by atoms with Gasteiger partial charge < -0.3 is 16.4 Å². The van der Waals surface area contributed by atoms with Gasteiger partial charge in [-0.1, -0.05) is 35.2 Å². The summed E-state index contributed by atoms with van der Waals surface area (Å²) in [6.07, 6.45) is 0. The highest BCUT2D eigenvalue weighted by Crippen LogP contribution is 2.28. The molecule has 138 valence electrons. The lowest BCUT2D eigenvalue weighted by atomic mass is 10.2. The Kier molecular flexibility index (Phi) is 6.05. The molecular formula is C18H17N5O2S2. The Hall–Kier alpha value is -2.91. The molecule has 1 aromatic heterocycles. The van der Waals surface area contributed by atoms with Crippen molar-refractivity contribution >= 4 is 51.4 Å². The van der Waals surface area contributed by atoms with E-state index in [1.807, 2.05) is 31.2 Å². The van der Waals surface area contributed by atoms with Crippen LogP contribution in [0.2, 0.25) is 0 Å². The Morgan fingerprint density at radius 1 is 1.11 bits per heavy atom. The molecule has 0 aliphatic heterocycles. The van der Waals surface area contributed by atoms with Crippen molar-refractivity contribution in [2.45, 2.75) is 11.3 Å². The Balaban J connectivity index is 1.50. The zero-order chi connectivity index (χ0) is 19.2. The zero-order valence-corrected chi connectivity index (χ0v) is 16.1. The van der Waals surface area contributed by atoms with Crippen molar-refractivity contribution in [3.63, 3.8) is 0 Å². The van der Waals surface area contributed by atoms with E-state index in [2.05, 4.69) is 20.8 Å². The van der Waals surface area contributed by atoms with E-state index < -0.39 is 5.91 Å². The van der Waals surface area contributed by atoms with Gasteiger partial charge in [0.1, 0.15) is 0 Å². The lowest BCUT2D eigenvalue weighted by Gasteiger charge is -2.04. The van der Waals surface area contributed by atoms with E-state index in [0.717, 1.165) is 11.3 Å². The molecule has 0 saturated heterocycles. The molecule has 0 unspecified atom stereocenters. The minimum Gasteiger partial charge on any atom is -0.366 e. The monoisotopic (exact) mass is 399 g/mol. The van der Waals surface area contributed by atoms with Crippen LogP contribution in [0.15, 0.2) is 52.9 Å². The summed E-state index contributed by atoms with van der Waals surface area (Å²) in [5.41, 5.74) is 8.28. The first-order valence-corrected chi connectivity index (χ1v) is 9.79.